The van der Waals surface area contributed by atoms with E-state index < -0.39 is 0 Å². The predicted octanol–water partition coefficient (Wildman–Crippen LogP) is 5.69. The number of amides is 1. The number of hydrogen-bond acceptors (Lipinski definition) is 5. The van der Waals surface area contributed by atoms with Crippen molar-refractivity contribution >= 4 is 55.5 Å². The SMILES string of the molecule is Cc1csc(C(=O)Nc2ccc(Br)c(CN)c2)c1NCc1ccnc2ccccc12. The zero-order valence-electron chi connectivity index (χ0n) is 16.4. The van der Waals surface area contributed by atoms with Crippen molar-refractivity contribution in [2.45, 2.75) is 20.0 Å². The van der Waals surface area contributed by atoms with Crippen LogP contribution in [0.4, 0.5) is 11.4 Å². The second-order valence-corrected chi connectivity index (χ2v) is 8.66. The van der Waals surface area contributed by atoms with Crippen molar-refractivity contribution < 1.29 is 4.79 Å². The molecule has 0 aliphatic rings. The number of pyridine rings is 1. The Balaban J connectivity index is 1.55. The van der Waals surface area contributed by atoms with Crippen LogP contribution in [-0.4, -0.2) is 10.9 Å². The summed E-state index contributed by atoms with van der Waals surface area (Å²) in [6, 6.07) is 15.7. The van der Waals surface area contributed by atoms with E-state index in [2.05, 4.69) is 37.6 Å². The number of carbonyl (C=O) groups excluding carboxylic acids is 1. The van der Waals surface area contributed by atoms with Crippen molar-refractivity contribution in [3.05, 3.63) is 86.1 Å². The molecule has 0 aliphatic carbocycles. The summed E-state index contributed by atoms with van der Waals surface area (Å²) >= 11 is 4.91. The standard InChI is InChI=1S/C23H21BrN4OS/c1-14-13-30-22(23(29)28-17-6-7-19(24)16(10-17)11-25)21(14)27-12-15-8-9-26-20-5-3-2-4-18(15)20/h2-10,13,27H,11-12,25H2,1H3,(H,28,29). The van der Waals surface area contributed by atoms with Crippen LogP contribution in [0.25, 0.3) is 10.9 Å². The number of halogens is 1. The molecule has 0 fully saturated rings. The second-order valence-electron chi connectivity index (χ2n) is 6.93. The third kappa shape index (κ3) is 4.23. The summed E-state index contributed by atoms with van der Waals surface area (Å²) in [7, 11) is 0. The number of nitrogens with zero attached hydrogens (tertiary/aromatic N) is 1. The molecule has 152 valence electrons. The highest BCUT2D eigenvalue weighted by molar-refractivity contribution is 9.10. The van der Waals surface area contributed by atoms with E-state index >= 15 is 0 Å². The molecule has 0 aliphatic heterocycles. The highest BCUT2D eigenvalue weighted by Gasteiger charge is 2.17. The van der Waals surface area contributed by atoms with Crippen LogP contribution in [0.15, 0.2) is 64.6 Å². The molecule has 4 N–H and O–H groups in total. The lowest BCUT2D eigenvalue weighted by atomic mass is 10.1. The first kappa shape index (κ1) is 20.5. The molecule has 0 saturated heterocycles. The van der Waals surface area contributed by atoms with E-state index in [1.807, 2.05) is 61.0 Å². The fourth-order valence-corrected chi connectivity index (χ4v) is 4.65. The van der Waals surface area contributed by atoms with Crippen molar-refractivity contribution in [1.29, 1.82) is 0 Å². The lowest BCUT2D eigenvalue weighted by molar-refractivity contribution is 0.103. The number of anilines is 2. The lowest BCUT2D eigenvalue weighted by Gasteiger charge is -2.12. The molecule has 4 aromatic rings. The first-order valence-corrected chi connectivity index (χ1v) is 11.2. The highest BCUT2D eigenvalue weighted by Crippen LogP contribution is 2.30. The van der Waals surface area contributed by atoms with E-state index in [4.69, 9.17) is 5.73 Å². The van der Waals surface area contributed by atoms with E-state index in [1.165, 1.54) is 11.3 Å². The van der Waals surface area contributed by atoms with Crippen molar-refractivity contribution in [2.75, 3.05) is 10.6 Å². The summed E-state index contributed by atoms with van der Waals surface area (Å²) in [4.78, 5) is 18.0. The molecule has 0 saturated carbocycles. The molecule has 2 aromatic carbocycles. The average Bonchev–Trinajstić information content (AvgIpc) is 3.14. The van der Waals surface area contributed by atoms with Gasteiger partial charge in [-0.25, -0.2) is 0 Å². The highest BCUT2D eigenvalue weighted by atomic mass is 79.9. The van der Waals surface area contributed by atoms with E-state index in [1.54, 1.807) is 0 Å². The molecule has 30 heavy (non-hydrogen) atoms. The van der Waals surface area contributed by atoms with Crippen LogP contribution in [0, 0.1) is 6.92 Å². The molecular formula is C23H21BrN4OS. The van der Waals surface area contributed by atoms with Crippen molar-refractivity contribution in [2.24, 2.45) is 5.73 Å². The van der Waals surface area contributed by atoms with Gasteiger partial charge in [-0.2, -0.15) is 0 Å². The number of nitrogens with two attached hydrogens (primary N) is 1. The maximum atomic E-state index is 13.0. The summed E-state index contributed by atoms with van der Waals surface area (Å²) in [5, 5.41) is 9.55. The molecule has 0 spiro atoms. The Morgan fingerprint density at radius 2 is 2.00 bits per heavy atom. The summed E-state index contributed by atoms with van der Waals surface area (Å²) in [5.74, 6) is -0.138. The Hall–Kier alpha value is -2.74. The smallest absolute Gasteiger partial charge is 0.267 e. The predicted molar refractivity (Wildman–Crippen MR) is 128 cm³/mol. The van der Waals surface area contributed by atoms with Gasteiger partial charge in [-0.05, 0) is 59.3 Å². The molecule has 4 rings (SSSR count). The van der Waals surface area contributed by atoms with Gasteiger partial charge < -0.3 is 16.4 Å². The van der Waals surface area contributed by atoms with Gasteiger partial charge in [-0.3, -0.25) is 9.78 Å². The summed E-state index contributed by atoms with van der Waals surface area (Å²) in [6.45, 7) is 3.01. The Morgan fingerprint density at radius 1 is 1.17 bits per heavy atom. The van der Waals surface area contributed by atoms with Gasteiger partial charge in [-0.15, -0.1) is 11.3 Å². The molecule has 5 nitrogen and oxygen atoms in total. The van der Waals surface area contributed by atoms with Gasteiger partial charge >= 0.3 is 0 Å². The van der Waals surface area contributed by atoms with Crippen LogP contribution in [0.3, 0.4) is 0 Å². The quantitative estimate of drug-likeness (QED) is 0.331. The van der Waals surface area contributed by atoms with Gasteiger partial charge in [-0.1, -0.05) is 34.1 Å². The van der Waals surface area contributed by atoms with Gasteiger partial charge in [0.05, 0.1) is 11.2 Å². The van der Waals surface area contributed by atoms with Gasteiger partial charge in [0.2, 0.25) is 0 Å². The van der Waals surface area contributed by atoms with Crippen LogP contribution in [0.2, 0.25) is 0 Å². The molecule has 0 bridgehead atoms. The van der Waals surface area contributed by atoms with Gasteiger partial charge in [0.25, 0.3) is 5.91 Å². The van der Waals surface area contributed by atoms with E-state index in [-0.39, 0.29) is 5.91 Å². The van der Waals surface area contributed by atoms with E-state index in [0.29, 0.717) is 18.0 Å². The minimum Gasteiger partial charge on any atom is -0.379 e. The van der Waals surface area contributed by atoms with Gasteiger partial charge in [0, 0.05) is 34.8 Å². The van der Waals surface area contributed by atoms with Crippen LogP contribution in [-0.2, 0) is 13.1 Å². The Labute approximate surface area is 187 Å². The number of aryl methyl sites for hydroxylation is 1. The zero-order chi connectivity index (χ0) is 21.1. The van der Waals surface area contributed by atoms with E-state index in [0.717, 1.165) is 43.4 Å². The molecule has 2 heterocycles. The molecular weight excluding hydrogens is 460 g/mol. The number of nitrogens with one attached hydrogen (secondary N) is 2. The van der Waals surface area contributed by atoms with Crippen LogP contribution >= 0.6 is 27.3 Å². The topological polar surface area (TPSA) is 80.0 Å². The Morgan fingerprint density at radius 3 is 2.83 bits per heavy atom. The van der Waals surface area contributed by atoms with Gasteiger partial charge in [0.1, 0.15) is 4.88 Å². The number of benzene rings is 2. The number of para-hydroxylation sites is 1. The van der Waals surface area contributed by atoms with Crippen LogP contribution in [0.5, 0.6) is 0 Å². The maximum Gasteiger partial charge on any atom is 0.267 e. The first-order valence-electron chi connectivity index (χ1n) is 9.51. The summed E-state index contributed by atoms with van der Waals surface area (Å²) in [6.07, 6.45) is 1.82. The van der Waals surface area contributed by atoms with Crippen LogP contribution < -0.4 is 16.4 Å². The normalized spacial score (nSPS) is 10.9. The second kappa shape index (κ2) is 8.95. The summed E-state index contributed by atoms with van der Waals surface area (Å²) < 4.78 is 0.932. The molecule has 7 heteroatoms. The lowest BCUT2D eigenvalue weighted by Crippen LogP contribution is -2.13. The zero-order valence-corrected chi connectivity index (χ0v) is 18.8. The third-order valence-electron chi connectivity index (χ3n) is 4.90. The summed E-state index contributed by atoms with van der Waals surface area (Å²) in [5.41, 5.74) is 11.4. The molecule has 1 amide bonds. The maximum absolute atomic E-state index is 13.0. The number of hydrogen-bond donors (Lipinski definition) is 3. The number of carbonyl (C=O) groups is 1. The largest absolute Gasteiger partial charge is 0.379 e. The minimum absolute atomic E-state index is 0.138. The molecule has 0 unspecified atom stereocenters. The van der Waals surface area contributed by atoms with Crippen molar-refractivity contribution in [3.63, 3.8) is 0 Å². The van der Waals surface area contributed by atoms with Gasteiger partial charge in [0.15, 0.2) is 0 Å². The number of fused-ring (bicyclic) bond motifs is 1. The fraction of sp³-hybridized carbons (Fsp3) is 0.130. The average molecular weight is 481 g/mol. The molecule has 0 atom stereocenters. The number of rotatable bonds is 6. The number of thiophene rings is 1. The third-order valence-corrected chi connectivity index (χ3v) is 6.77. The molecule has 2 aromatic heterocycles. The fourth-order valence-electron chi connectivity index (χ4n) is 3.32. The Kier molecular flexibility index (Phi) is 6.13. The molecule has 0 radical (unpaired) electrons. The van der Waals surface area contributed by atoms with Crippen LogP contribution in [0.1, 0.15) is 26.4 Å². The monoisotopic (exact) mass is 480 g/mol. The minimum atomic E-state index is -0.138. The number of aromatic nitrogens is 1. The first-order chi connectivity index (χ1) is 14.6. The van der Waals surface area contributed by atoms with Crippen molar-refractivity contribution in [1.82, 2.24) is 4.98 Å². The van der Waals surface area contributed by atoms with E-state index in [9.17, 15) is 4.79 Å². The Bertz CT molecular complexity index is 1220. The van der Waals surface area contributed by atoms with Crippen molar-refractivity contribution in [3.8, 4) is 0 Å².